The van der Waals surface area contributed by atoms with Gasteiger partial charge in [0.05, 0.1) is 18.4 Å². The molecule has 0 spiro atoms. The predicted octanol–water partition coefficient (Wildman–Crippen LogP) is 2.85. The quantitative estimate of drug-likeness (QED) is 0.753. The van der Waals surface area contributed by atoms with Crippen LogP contribution in [-0.4, -0.2) is 24.4 Å². The summed E-state index contributed by atoms with van der Waals surface area (Å²) in [6.45, 7) is 4.83. The summed E-state index contributed by atoms with van der Waals surface area (Å²) in [4.78, 5) is 4.38. The van der Waals surface area contributed by atoms with E-state index in [0.29, 0.717) is 17.6 Å². The van der Waals surface area contributed by atoms with Gasteiger partial charge in [-0.3, -0.25) is 4.68 Å². The fourth-order valence-electron chi connectivity index (χ4n) is 2.22. The molecule has 3 aromatic heterocycles. The number of nitrogens with zero attached hydrogens (tertiary/aromatic N) is 5. The van der Waals surface area contributed by atoms with Gasteiger partial charge in [-0.15, -0.1) is 0 Å². The summed E-state index contributed by atoms with van der Waals surface area (Å²) in [5, 5.41) is 12.5. The number of fused-ring (bicyclic) bond motifs is 1. The number of hydrogen-bond acceptors (Lipinski definition) is 4. The zero-order valence-electron chi connectivity index (χ0n) is 12.2. The van der Waals surface area contributed by atoms with Gasteiger partial charge in [0.25, 0.3) is 0 Å². The number of rotatable bonds is 4. The molecule has 0 aromatic carbocycles. The molecule has 3 heterocycles. The van der Waals surface area contributed by atoms with Gasteiger partial charge in [0.1, 0.15) is 11.0 Å². The van der Waals surface area contributed by atoms with E-state index in [1.165, 1.54) is 0 Å². The van der Waals surface area contributed by atoms with E-state index in [4.69, 9.17) is 11.6 Å². The molecule has 0 unspecified atom stereocenters. The Morgan fingerprint density at radius 1 is 1.38 bits per heavy atom. The van der Waals surface area contributed by atoms with E-state index in [0.717, 1.165) is 22.7 Å². The molecule has 1 N–H and O–H groups in total. The third-order valence-electron chi connectivity index (χ3n) is 3.31. The van der Waals surface area contributed by atoms with Gasteiger partial charge in [0.15, 0.2) is 5.65 Å². The third kappa shape index (κ3) is 2.71. The number of nitrogens with one attached hydrogen (secondary N) is 1. The fourth-order valence-corrected chi connectivity index (χ4v) is 2.41. The van der Waals surface area contributed by atoms with Crippen LogP contribution < -0.4 is 5.32 Å². The molecular weight excluding hydrogens is 288 g/mol. The van der Waals surface area contributed by atoms with Crippen molar-refractivity contribution in [1.82, 2.24) is 24.4 Å². The van der Waals surface area contributed by atoms with Gasteiger partial charge in [-0.05, 0) is 12.0 Å². The average molecular weight is 305 g/mol. The van der Waals surface area contributed by atoms with E-state index in [-0.39, 0.29) is 0 Å². The van der Waals surface area contributed by atoms with Crippen molar-refractivity contribution in [3.63, 3.8) is 0 Å². The molecule has 0 fully saturated rings. The summed E-state index contributed by atoms with van der Waals surface area (Å²) < 4.78 is 3.56. The molecule has 21 heavy (non-hydrogen) atoms. The lowest BCUT2D eigenvalue weighted by atomic mass is 10.1. The molecule has 0 aliphatic carbocycles. The molecule has 6 nitrogen and oxygen atoms in total. The summed E-state index contributed by atoms with van der Waals surface area (Å²) in [7, 11) is 1.90. The molecule has 0 aliphatic rings. The van der Waals surface area contributed by atoms with Gasteiger partial charge < -0.3 is 5.32 Å². The van der Waals surface area contributed by atoms with Crippen molar-refractivity contribution in [2.75, 3.05) is 5.32 Å². The number of hydrogen-bond donors (Lipinski definition) is 1. The second-order valence-electron chi connectivity index (χ2n) is 5.29. The second-order valence-corrected chi connectivity index (χ2v) is 5.68. The Morgan fingerprint density at radius 3 is 2.86 bits per heavy atom. The van der Waals surface area contributed by atoms with E-state index in [9.17, 15) is 0 Å². The van der Waals surface area contributed by atoms with E-state index in [1.807, 2.05) is 25.5 Å². The molecule has 0 saturated carbocycles. The fraction of sp³-hybridized carbons (Fsp3) is 0.357. The standard InChI is InChI=1S/C14H17ClN6/c1-9(2)11-8-17-21-13(6-12(15)18-14(11)21)16-7-10-4-5-20(3)19-10/h4-6,8-9,16H,7H2,1-3H3. The lowest BCUT2D eigenvalue weighted by Crippen LogP contribution is -2.07. The van der Waals surface area contributed by atoms with Crippen LogP contribution in [0.5, 0.6) is 0 Å². The number of anilines is 1. The Hall–Kier alpha value is -2.08. The molecule has 0 radical (unpaired) electrons. The van der Waals surface area contributed by atoms with E-state index in [1.54, 1.807) is 15.3 Å². The van der Waals surface area contributed by atoms with Gasteiger partial charge >= 0.3 is 0 Å². The Balaban J connectivity index is 1.94. The van der Waals surface area contributed by atoms with Crippen LogP contribution in [0.2, 0.25) is 5.15 Å². The van der Waals surface area contributed by atoms with E-state index < -0.39 is 0 Å². The largest absolute Gasteiger partial charge is 0.364 e. The van der Waals surface area contributed by atoms with Crippen LogP contribution in [0.3, 0.4) is 0 Å². The van der Waals surface area contributed by atoms with Crippen molar-refractivity contribution in [1.29, 1.82) is 0 Å². The zero-order chi connectivity index (χ0) is 15.0. The van der Waals surface area contributed by atoms with Crippen LogP contribution >= 0.6 is 11.6 Å². The van der Waals surface area contributed by atoms with Crippen LogP contribution in [-0.2, 0) is 13.6 Å². The van der Waals surface area contributed by atoms with Crippen LogP contribution in [0.25, 0.3) is 5.65 Å². The maximum atomic E-state index is 6.13. The first kappa shape index (κ1) is 13.9. The zero-order valence-corrected chi connectivity index (χ0v) is 13.0. The summed E-state index contributed by atoms with van der Waals surface area (Å²) in [5.41, 5.74) is 2.83. The molecule has 3 aromatic rings. The minimum absolute atomic E-state index is 0.345. The second kappa shape index (κ2) is 5.37. The average Bonchev–Trinajstić information content (AvgIpc) is 3.02. The number of halogens is 1. The van der Waals surface area contributed by atoms with Crippen molar-refractivity contribution in [3.05, 3.63) is 40.9 Å². The van der Waals surface area contributed by atoms with Crippen LogP contribution in [0, 0.1) is 0 Å². The maximum absolute atomic E-state index is 6.13. The van der Waals surface area contributed by atoms with Gasteiger partial charge in [-0.2, -0.15) is 14.7 Å². The molecule has 110 valence electrons. The van der Waals surface area contributed by atoms with E-state index >= 15 is 0 Å². The van der Waals surface area contributed by atoms with Crippen molar-refractivity contribution >= 4 is 23.1 Å². The topological polar surface area (TPSA) is 60.0 Å². The first-order valence-electron chi connectivity index (χ1n) is 6.81. The third-order valence-corrected chi connectivity index (χ3v) is 3.50. The Labute approximate surface area is 127 Å². The highest BCUT2D eigenvalue weighted by Crippen LogP contribution is 2.24. The lowest BCUT2D eigenvalue weighted by molar-refractivity contribution is 0.746. The molecular formula is C14H17ClN6. The highest BCUT2D eigenvalue weighted by molar-refractivity contribution is 6.29. The van der Waals surface area contributed by atoms with Crippen molar-refractivity contribution in [2.24, 2.45) is 7.05 Å². The molecule has 7 heteroatoms. The predicted molar refractivity (Wildman–Crippen MR) is 82.6 cm³/mol. The highest BCUT2D eigenvalue weighted by Gasteiger charge is 2.13. The van der Waals surface area contributed by atoms with Crippen molar-refractivity contribution in [2.45, 2.75) is 26.3 Å². The summed E-state index contributed by atoms with van der Waals surface area (Å²) in [6, 6.07) is 3.74. The smallest absolute Gasteiger partial charge is 0.162 e. The first-order chi connectivity index (χ1) is 10.0. The van der Waals surface area contributed by atoms with Gasteiger partial charge in [-0.25, -0.2) is 4.98 Å². The molecule has 0 saturated heterocycles. The number of aryl methyl sites for hydroxylation is 1. The van der Waals surface area contributed by atoms with Crippen molar-refractivity contribution in [3.8, 4) is 0 Å². The molecule has 3 rings (SSSR count). The van der Waals surface area contributed by atoms with Crippen LogP contribution in [0.4, 0.5) is 5.82 Å². The van der Waals surface area contributed by atoms with Gasteiger partial charge in [-0.1, -0.05) is 25.4 Å². The summed E-state index contributed by atoms with van der Waals surface area (Å²) in [6.07, 6.45) is 3.76. The minimum atomic E-state index is 0.345. The normalized spacial score (nSPS) is 11.5. The molecule has 0 bridgehead atoms. The minimum Gasteiger partial charge on any atom is -0.364 e. The number of aromatic nitrogens is 5. The van der Waals surface area contributed by atoms with E-state index in [2.05, 4.69) is 34.3 Å². The SMILES string of the molecule is CC(C)c1cnn2c(NCc3ccn(C)n3)cc(Cl)nc12. The van der Waals surface area contributed by atoms with Gasteiger partial charge in [0.2, 0.25) is 0 Å². The van der Waals surface area contributed by atoms with Crippen LogP contribution in [0.15, 0.2) is 24.5 Å². The molecule has 0 atom stereocenters. The van der Waals surface area contributed by atoms with Crippen molar-refractivity contribution < 1.29 is 0 Å². The van der Waals surface area contributed by atoms with Crippen LogP contribution in [0.1, 0.15) is 31.0 Å². The first-order valence-corrected chi connectivity index (χ1v) is 7.19. The Morgan fingerprint density at radius 2 is 2.19 bits per heavy atom. The molecule has 0 amide bonds. The Kier molecular flexibility index (Phi) is 3.55. The summed E-state index contributed by atoms with van der Waals surface area (Å²) >= 11 is 6.13. The highest BCUT2D eigenvalue weighted by atomic mass is 35.5. The monoisotopic (exact) mass is 304 g/mol. The summed E-state index contributed by atoms with van der Waals surface area (Å²) in [5.74, 6) is 1.15. The Bertz CT molecular complexity index is 773. The van der Waals surface area contributed by atoms with Gasteiger partial charge in [0, 0.05) is 24.9 Å². The lowest BCUT2D eigenvalue weighted by Gasteiger charge is -2.08. The maximum Gasteiger partial charge on any atom is 0.162 e. The molecule has 0 aliphatic heterocycles.